The molecule has 22 heavy (non-hydrogen) atoms. The molecule has 0 aromatic heterocycles. The number of nitrogens with zero attached hydrogens (tertiary/aromatic N) is 1. The Morgan fingerprint density at radius 2 is 1.77 bits per heavy atom. The van der Waals surface area contributed by atoms with Crippen LogP contribution in [-0.4, -0.2) is 30.9 Å². The summed E-state index contributed by atoms with van der Waals surface area (Å²) in [5, 5.41) is 9.30. The Morgan fingerprint density at radius 1 is 1.23 bits per heavy atom. The molecule has 0 fully saturated rings. The van der Waals surface area contributed by atoms with Gasteiger partial charge in [0, 0.05) is 31.3 Å². The topological polar surface area (TPSA) is 83.6 Å². The van der Waals surface area contributed by atoms with Gasteiger partial charge in [-0.25, -0.2) is 0 Å². The molecule has 0 aliphatic rings. The van der Waals surface area contributed by atoms with E-state index in [-0.39, 0.29) is 11.7 Å². The van der Waals surface area contributed by atoms with Gasteiger partial charge in [0.1, 0.15) is 0 Å². The second kappa shape index (κ2) is 7.45. The number of benzene rings is 1. The number of nitrogens with two attached hydrogens (primary N) is 1. The molecule has 0 radical (unpaired) electrons. The van der Waals surface area contributed by atoms with Crippen LogP contribution in [0.2, 0.25) is 0 Å². The van der Waals surface area contributed by atoms with Gasteiger partial charge in [0.05, 0.1) is 0 Å². The van der Waals surface area contributed by atoms with Crippen LogP contribution in [-0.2, 0) is 4.79 Å². The van der Waals surface area contributed by atoms with Gasteiger partial charge in [-0.2, -0.15) is 0 Å². The van der Waals surface area contributed by atoms with E-state index in [0.717, 1.165) is 5.69 Å². The molecule has 1 aromatic carbocycles. The van der Waals surface area contributed by atoms with Crippen molar-refractivity contribution >= 4 is 17.4 Å². The molecule has 1 aromatic rings. The molecule has 5 nitrogen and oxygen atoms in total. The molecular formula is C17H22N2O3. The minimum Gasteiger partial charge on any atom is -0.503 e. The number of hydrogen-bond acceptors (Lipinski definition) is 4. The zero-order valence-corrected chi connectivity index (χ0v) is 13.3. The highest BCUT2D eigenvalue weighted by molar-refractivity contribution is 5.99. The van der Waals surface area contributed by atoms with Crippen molar-refractivity contribution in [2.45, 2.75) is 13.8 Å². The van der Waals surface area contributed by atoms with Crippen LogP contribution in [0.25, 0.3) is 0 Å². The Morgan fingerprint density at radius 3 is 2.23 bits per heavy atom. The highest BCUT2D eigenvalue weighted by atomic mass is 16.3. The summed E-state index contributed by atoms with van der Waals surface area (Å²) in [7, 11) is 3.87. The summed E-state index contributed by atoms with van der Waals surface area (Å²) in [4.78, 5) is 25.1. The van der Waals surface area contributed by atoms with E-state index in [2.05, 4.69) is 0 Å². The van der Waals surface area contributed by atoms with Crippen molar-refractivity contribution in [1.82, 2.24) is 0 Å². The van der Waals surface area contributed by atoms with Gasteiger partial charge >= 0.3 is 0 Å². The molecule has 0 saturated carbocycles. The van der Waals surface area contributed by atoms with Crippen LogP contribution in [0.15, 0.2) is 47.7 Å². The van der Waals surface area contributed by atoms with Crippen molar-refractivity contribution in [1.29, 1.82) is 0 Å². The first-order chi connectivity index (χ1) is 10.2. The number of anilines is 1. The monoisotopic (exact) mass is 302 g/mol. The zero-order valence-electron chi connectivity index (χ0n) is 13.3. The van der Waals surface area contributed by atoms with Crippen LogP contribution in [0.3, 0.4) is 0 Å². The van der Waals surface area contributed by atoms with Crippen LogP contribution >= 0.6 is 0 Å². The molecule has 0 unspecified atom stereocenters. The molecule has 0 bridgehead atoms. The van der Waals surface area contributed by atoms with E-state index in [9.17, 15) is 14.7 Å². The number of amides is 1. The molecular weight excluding hydrogens is 280 g/mol. The quantitative estimate of drug-likeness (QED) is 0.366. The van der Waals surface area contributed by atoms with Gasteiger partial charge in [0.15, 0.2) is 11.5 Å². The second-order valence-corrected chi connectivity index (χ2v) is 5.40. The number of carbonyl (C=O) groups excluding carboxylic acids is 2. The lowest BCUT2D eigenvalue weighted by Gasteiger charge is -2.13. The molecule has 118 valence electrons. The summed E-state index contributed by atoms with van der Waals surface area (Å²) in [6.45, 7) is 3.46. The standard InChI is InChI=1S/C17H22N2O3/c1-11(10-15(20)17(18)22)9-12(2)16(21)13-5-7-14(8-6-13)19(3)4/h5-10,12,20H,1-4H3,(H2,18,22)/b11-9+,15-10+/t12-/m1/s1. The van der Waals surface area contributed by atoms with E-state index in [1.165, 1.54) is 6.08 Å². The summed E-state index contributed by atoms with van der Waals surface area (Å²) < 4.78 is 0. The van der Waals surface area contributed by atoms with Crippen molar-refractivity contribution in [2.24, 2.45) is 11.7 Å². The maximum absolute atomic E-state index is 12.3. The third kappa shape index (κ3) is 4.77. The first-order valence-corrected chi connectivity index (χ1v) is 6.93. The smallest absolute Gasteiger partial charge is 0.283 e. The lowest BCUT2D eigenvalue weighted by Crippen LogP contribution is -2.14. The number of carbonyl (C=O) groups is 2. The summed E-state index contributed by atoms with van der Waals surface area (Å²) in [6, 6.07) is 7.34. The fourth-order valence-electron chi connectivity index (χ4n) is 1.99. The predicted octanol–water partition coefficient (Wildman–Crippen LogP) is 2.44. The fourth-order valence-corrected chi connectivity index (χ4v) is 1.99. The third-order valence-corrected chi connectivity index (χ3v) is 3.21. The van der Waals surface area contributed by atoms with Crippen LogP contribution in [0, 0.1) is 5.92 Å². The van der Waals surface area contributed by atoms with Gasteiger partial charge < -0.3 is 15.7 Å². The minimum absolute atomic E-state index is 0.0309. The van der Waals surface area contributed by atoms with Gasteiger partial charge in [0.25, 0.3) is 5.91 Å². The lowest BCUT2D eigenvalue weighted by molar-refractivity contribution is -0.116. The molecule has 1 atom stereocenters. The normalized spacial score (nSPS) is 13.6. The van der Waals surface area contributed by atoms with Crippen LogP contribution in [0.1, 0.15) is 24.2 Å². The Bertz CT molecular complexity index is 613. The summed E-state index contributed by atoms with van der Waals surface area (Å²) >= 11 is 0. The molecule has 1 amide bonds. The lowest BCUT2D eigenvalue weighted by atomic mass is 9.97. The fraction of sp³-hybridized carbons (Fsp3) is 0.294. The highest BCUT2D eigenvalue weighted by Gasteiger charge is 2.13. The summed E-state index contributed by atoms with van der Waals surface area (Å²) in [5.74, 6) is -1.83. The van der Waals surface area contributed by atoms with Gasteiger partial charge in [-0.15, -0.1) is 0 Å². The van der Waals surface area contributed by atoms with Gasteiger partial charge in [-0.1, -0.05) is 18.6 Å². The first-order valence-electron chi connectivity index (χ1n) is 6.93. The SMILES string of the molecule is CC(=C\[C@@H](C)C(=O)c1ccc(N(C)C)cc1)/C=C(/O)C(N)=O. The Balaban J connectivity index is 2.88. The third-order valence-electron chi connectivity index (χ3n) is 3.21. The number of rotatable bonds is 6. The zero-order chi connectivity index (χ0) is 16.9. The Labute approximate surface area is 130 Å². The van der Waals surface area contributed by atoms with Gasteiger partial charge in [0.2, 0.25) is 0 Å². The number of primary amides is 1. The molecule has 1 rings (SSSR count). The highest BCUT2D eigenvalue weighted by Crippen LogP contribution is 2.17. The van der Waals surface area contributed by atoms with Crippen molar-refractivity contribution in [3.8, 4) is 0 Å². The summed E-state index contributed by atoms with van der Waals surface area (Å²) in [6.07, 6.45) is 2.93. The van der Waals surface area contributed by atoms with Crippen molar-refractivity contribution < 1.29 is 14.7 Å². The Kier molecular flexibility index (Phi) is 5.92. The minimum atomic E-state index is -0.897. The number of hydrogen-bond donors (Lipinski definition) is 2. The molecule has 0 aliphatic carbocycles. The van der Waals surface area contributed by atoms with Crippen LogP contribution in [0.4, 0.5) is 5.69 Å². The van der Waals surface area contributed by atoms with E-state index in [1.54, 1.807) is 32.1 Å². The van der Waals surface area contributed by atoms with E-state index in [1.807, 2.05) is 31.1 Å². The van der Waals surface area contributed by atoms with Crippen molar-refractivity contribution in [3.63, 3.8) is 0 Å². The van der Waals surface area contributed by atoms with E-state index < -0.39 is 11.7 Å². The number of Topliss-reactive ketones (excluding diaryl/α,β-unsaturated/α-hetero) is 1. The van der Waals surface area contributed by atoms with E-state index >= 15 is 0 Å². The Hall–Kier alpha value is -2.56. The molecule has 5 heteroatoms. The van der Waals surface area contributed by atoms with Gasteiger partial charge in [-0.05, 0) is 37.3 Å². The first kappa shape index (κ1) is 17.5. The van der Waals surface area contributed by atoms with E-state index in [4.69, 9.17) is 5.73 Å². The number of allylic oxidation sites excluding steroid dienone is 3. The predicted molar refractivity (Wildman–Crippen MR) is 87.9 cm³/mol. The number of ketones is 1. The molecule has 0 heterocycles. The van der Waals surface area contributed by atoms with Crippen molar-refractivity contribution in [3.05, 3.63) is 53.3 Å². The van der Waals surface area contributed by atoms with Crippen LogP contribution < -0.4 is 10.6 Å². The maximum atomic E-state index is 12.3. The average molecular weight is 302 g/mol. The van der Waals surface area contributed by atoms with E-state index in [0.29, 0.717) is 11.1 Å². The molecule has 0 spiro atoms. The van der Waals surface area contributed by atoms with Gasteiger partial charge in [-0.3, -0.25) is 9.59 Å². The maximum Gasteiger partial charge on any atom is 0.283 e. The average Bonchev–Trinajstić information content (AvgIpc) is 2.46. The second-order valence-electron chi connectivity index (χ2n) is 5.40. The largest absolute Gasteiger partial charge is 0.503 e. The molecule has 0 aliphatic heterocycles. The number of aliphatic hydroxyl groups is 1. The summed E-state index contributed by atoms with van der Waals surface area (Å²) in [5.41, 5.74) is 7.18. The number of aliphatic hydroxyl groups excluding tert-OH is 1. The van der Waals surface area contributed by atoms with Crippen molar-refractivity contribution in [2.75, 3.05) is 19.0 Å². The molecule has 0 saturated heterocycles. The van der Waals surface area contributed by atoms with Crippen LogP contribution in [0.5, 0.6) is 0 Å². The molecule has 3 N–H and O–H groups in total.